The summed E-state index contributed by atoms with van der Waals surface area (Å²) in [6, 6.07) is 18.2. The maximum Gasteiger partial charge on any atom is 0.264 e. The van der Waals surface area contributed by atoms with Crippen LogP contribution >= 0.6 is 0 Å². The first-order chi connectivity index (χ1) is 19.4. The summed E-state index contributed by atoms with van der Waals surface area (Å²) in [6.07, 6.45) is 0.736. The molecule has 9 heteroatoms. The van der Waals surface area contributed by atoms with E-state index in [0.717, 1.165) is 33.0 Å². The highest BCUT2D eigenvalue weighted by molar-refractivity contribution is 7.92. The van der Waals surface area contributed by atoms with Crippen molar-refractivity contribution in [1.29, 1.82) is 0 Å². The summed E-state index contributed by atoms with van der Waals surface area (Å²) >= 11 is 0. The van der Waals surface area contributed by atoms with Gasteiger partial charge in [-0.15, -0.1) is 0 Å². The van der Waals surface area contributed by atoms with E-state index in [4.69, 9.17) is 4.74 Å². The minimum atomic E-state index is -4.12. The molecule has 0 spiro atoms. The molecule has 3 aromatic rings. The largest absolute Gasteiger partial charge is 0.497 e. The zero-order valence-corrected chi connectivity index (χ0v) is 25.8. The van der Waals surface area contributed by atoms with Crippen LogP contribution in [0.25, 0.3) is 0 Å². The lowest BCUT2D eigenvalue weighted by Crippen LogP contribution is -2.52. The number of anilines is 1. The van der Waals surface area contributed by atoms with Gasteiger partial charge in [0.15, 0.2) is 0 Å². The fraction of sp³-hybridized carbons (Fsp3) is 0.375. The average molecular weight is 580 g/mol. The summed E-state index contributed by atoms with van der Waals surface area (Å²) in [5, 5.41) is 2.95. The molecule has 8 nitrogen and oxygen atoms in total. The van der Waals surface area contributed by atoms with E-state index in [1.54, 1.807) is 62.6 Å². The number of hydrogen-bond donors (Lipinski definition) is 1. The second-order valence-electron chi connectivity index (χ2n) is 10.4. The highest BCUT2D eigenvalue weighted by Crippen LogP contribution is 2.29. The third-order valence-electron chi connectivity index (χ3n) is 7.41. The molecule has 3 rings (SSSR count). The number of methoxy groups -OCH3 is 1. The molecule has 220 valence electrons. The molecule has 2 amide bonds. The lowest BCUT2D eigenvalue weighted by molar-refractivity contribution is -0.139. The van der Waals surface area contributed by atoms with Crippen molar-refractivity contribution in [3.05, 3.63) is 89.0 Å². The molecule has 0 aliphatic heterocycles. The van der Waals surface area contributed by atoms with Crippen LogP contribution in [0, 0.1) is 20.8 Å². The number of sulfonamides is 1. The first kappa shape index (κ1) is 31.7. The van der Waals surface area contributed by atoms with Gasteiger partial charge in [-0.2, -0.15) is 0 Å². The topological polar surface area (TPSA) is 96.0 Å². The third kappa shape index (κ3) is 7.67. The highest BCUT2D eigenvalue weighted by atomic mass is 32.2. The van der Waals surface area contributed by atoms with Crippen LogP contribution in [0.15, 0.2) is 71.6 Å². The summed E-state index contributed by atoms with van der Waals surface area (Å²) < 4.78 is 34.5. The zero-order valence-electron chi connectivity index (χ0n) is 25.0. The molecule has 3 aromatic carbocycles. The number of amides is 2. The molecule has 2 atom stereocenters. The maximum atomic E-state index is 14.1. The maximum absolute atomic E-state index is 14.1. The van der Waals surface area contributed by atoms with Gasteiger partial charge >= 0.3 is 0 Å². The number of rotatable bonds is 12. The first-order valence-electron chi connectivity index (χ1n) is 13.8. The lowest BCUT2D eigenvalue weighted by Gasteiger charge is -2.33. The molecular formula is C32H41N3O5S. The monoisotopic (exact) mass is 579 g/mol. The van der Waals surface area contributed by atoms with Crippen molar-refractivity contribution in [2.75, 3.05) is 18.0 Å². The molecule has 0 saturated heterocycles. The van der Waals surface area contributed by atoms with Crippen molar-refractivity contribution in [2.24, 2.45) is 0 Å². The second kappa shape index (κ2) is 13.7. The Balaban J connectivity index is 2.06. The van der Waals surface area contributed by atoms with Gasteiger partial charge in [0, 0.05) is 12.6 Å². The fourth-order valence-electron chi connectivity index (χ4n) is 4.33. The van der Waals surface area contributed by atoms with E-state index < -0.39 is 28.5 Å². The molecule has 0 heterocycles. The van der Waals surface area contributed by atoms with Gasteiger partial charge in [0.1, 0.15) is 18.3 Å². The van der Waals surface area contributed by atoms with E-state index in [2.05, 4.69) is 5.32 Å². The Bertz CT molecular complexity index is 1450. The van der Waals surface area contributed by atoms with Gasteiger partial charge < -0.3 is 15.0 Å². The van der Waals surface area contributed by atoms with E-state index >= 15 is 0 Å². The summed E-state index contributed by atoms with van der Waals surface area (Å²) in [4.78, 5) is 28.8. The molecule has 0 fully saturated rings. The molecule has 0 aliphatic rings. The Morgan fingerprint density at radius 1 is 0.927 bits per heavy atom. The molecule has 1 N–H and O–H groups in total. The van der Waals surface area contributed by atoms with E-state index in [1.807, 2.05) is 52.8 Å². The molecule has 0 aromatic heterocycles. The molecule has 0 saturated carbocycles. The number of aryl methyl sites for hydroxylation is 2. The van der Waals surface area contributed by atoms with Gasteiger partial charge in [0.25, 0.3) is 10.0 Å². The quantitative estimate of drug-likeness (QED) is 0.320. The SMILES string of the molecule is CC[C@@H](C)NC(=O)[C@H](C)N(Cc1ccc(OC)cc1)C(=O)CN(c1cccc(C)c1C)S(=O)(=O)c1ccc(C)cc1. The van der Waals surface area contributed by atoms with Crippen LogP contribution in [0.1, 0.15) is 49.4 Å². The van der Waals surface area contributed by atoms with Crippen LogP contribution in [-0.2, 0) is 26.2 Å². The van der Waals surface area contributed by atoms with Crippen molar-refractivity contribution < 1.29 is 22.7 Å². The Morgan fingerprint density at radius 2 is 1.56 bits per heavy atom. The lowest BCUT2D eigenvalue weighted by atomic mass is 10.1. The number of carbonyl (C=O) groups excluding carboxylic acids is 2. The smallest absolute Gasteiger partial charge is 0.264 e. The predicted molar refractivity (Wildman–Crippen MR) is 163 cm³/mol. The first-order valence-corrected chi connectivity index (χ1v) is 15.2. The van der Waals surface area contributed by atoms with Gasteiger partial charge in [-0.1, -0.05) is 48.9 Å². The summed E-state index contributed by atoms with van der Waals surface area (Å²) in [5.41, 5.74) is 3.77. The van der Waals surface area contributed by atoms with Gasteiger partial charge in [-0.05, 0) is 88.1 Å². The van der Waals surface area contributed by atoms with Crippen molar-refractivity contribution in [3.8, 4) is 5.75 Å². The Hall–Kier alpha value is -3.85. The standard InChI is InChI=1S/C32H41N3O5S/c1-8-24(4)33-32(37)26(6)34(20-27-14-16-28(40-7)17-15-27)31(36)21-35(30-11-9-10-23(3)25(30)5)41(38,39)29-18-12-22(2)13-19-29/h9-19,24,26H,8,20-21H2,1-7H3,(H,33,37)/t24-,26+/m1/s1. The van der Waals surface area contributed by atoms with Crippen molar-refractivity contribution >= 4 is 27.5 Å². The molecule has 41 heavy (non-hydrogen) atoms. The highest BCUT2D eigenvalue weighted by Gasteiger charge is 2.33. The van der Waals surface area contributed by atoms with Crippen molar-refractivity contribution in [3.63, 3.8) is 0 Å². The van der Waals surface area contributed by atoms with Gasteiger partial charge in [-0.3, -0.25) is 13.9 Å². The van der Waals surface area contributed by atoms with E-state index in [0.29, 0.717) is 11.4 Å². The molecule has 0 unspecified atom stereocenters. The Morgan fingerprint density at radius 3 is 2.15 bits per heavy atom. The third-order valence-corrected chi connectivity index (χ3v) is 9.19. The zero-order chi connectivity index (χ0) is 30.3. The van der Waals surface area contributed by atoms with E-state index in [-0.39, 0.29) is 23.4 Å². The Labute approximate surface area is 244 Å². The van der Waals surface area contributed by atoms with E-state index in [9.17, 15) is 18.0 Å². The van der Waals surface area contributed by atoms with Crippen molar-refractivity contribution in [2.45, 2.75) is 71.5 Å². The number of nitrogens with zero attached hydrogens (tertiary/aromatic N) is 2. The van der Waals surface area contributed by atoms with Crippen LogP contribution in [0.4, 0.5) is 5.69 Å². The Kier molecular flexibility index (Phi) is 10.6. The average Bonchev–Trinajstić information content (AvgIpc) is 2.96. The van der Waals surface area contributed by atoms with Crippen LogP contribution in [0.2, 0.25) is 0 Å². The molecule has 0 bridgehead atoms. The summed E-state index contributed by atoms with van der Waals surface area (Å²) in [7, 11) is -2.55. The fourth-order valence-corrected chi connectivity index (χ4v) is 5.80. The minimum absolute atomic E-state index is 0.0729. The molecule has 0 aliphatic carbocycles. The number of hydrogen-bond acceptors (Lipinski definition) is 5. The molecular weight excluding hydrogens is 538 g/mol. The van der Waals surface area contributed by atoms with Gasteiger partial charge in [-0.25, -0.2) is 8.42 Å². The van der Waals surface area contributed by atoms with Crippen LogP contribution in [-0.4, -0.2) is 50.9 Å². The van der Waals surface area contributed by atoms with Crippen LogP contribution in [0.3, 0.4) is 0 Å². The van der Waals surface area contributed by atoms with Gasteiger partial charge in [0.05, 0.1) is 17.7 Å². The molecule has 0 radical (unpaired) electrons. The van der Waals surface area contributed by atoms with Gasteiger partial charge in [0.2, 0.25) is 11.8 Å². The van der Waals surface area contributed by atoms with E-state index in [1.165, 1.54) is 4.90 Å². The number of ether oxygens (including phenoxy) is 1. The van der Waals surface area contributed by atoms with Crippen LogP contribution < -0.4 is 14.4 Å². The number of carbonyl (C=O) groups is 2. The minimum Gasteiger partial charge on any atom is -0.497 e. The number of nitrogens with one attached hydrogen (secondary N) is 1. The van der Waals surface area contributed by atoms with Crippen LogP contribution in [0.5, 0.6) is 5.75 Å². The normalized spacial score (nSPS) is 12.8. The predicted octanol–water partition coefficient (Wildman–Crippen LogP) is 5.15. The second-order valence-corrected chi connectivity index (χ2v) is 12.3. The number of benzene rings is 3. The van der Waals surface area contributed by atoms with Crippen molar-refractivity contribution in [1.82, 2.24) is 10.2 Å². The summed E-state index contributed by atoms with van der Waals surface area (Å²) in [6.45, 7) is 10.8. The summed E-state index contributed by atoms with van der Waals surface area (Å²) in [5.74, 6) is -0.135.